The summed E-state index contributed by atoms with van der Waals surface area (Å²) in [7, 11) is 0. The van der Waals surface area contributed by atoms with Gasteiger partial charge in [-0.3, -0.25) is 0 Å². The normalized spacial score (nSPS) is 41.7. The molecular weight excluding hydrogens is 224 g/mol. The van der Waals surface area contributed by atoms with Crippen LogP contribution in [0, 0.1) is 0 Å². The third kappa shape index (κ3) is 2.32. The number of ether oxygens (including phenoxy) is 1. The molecule has 6 N–H and O–H groups in total. The summed E-state index contributed by atoms with van der Waals surface area (Å²) in [5.74, 6) is -4.42. The molecule has 1 aliphatic rings. The van der Waals surface area contributed by atoms with E-state index in [2.05, 4.69) is 4.74 Å². The Morgan fingerprint density at radius 1 is 1.50 bits per heavy atom. The maximum absolute atomic E-state index is 10.7. The van der Waals surface area contributed by atoms with Crippen LogP contribution in [0.5, 0.6) is 0 Å². The summed E-state index contributed by atoms with van der Waals surface area (Å²) in [6, 6.07) is 0. The second-order valence-electron chi connectivity index (χ2n) is 3.68. The molecule has 0 aromatic carbocycles. The third-order valence-corrected chi connectivity index (χ3v) is 2.45. The van der Waals surface area contributed by atoms with E-state index in [9.17, 15) is 25.2 Å². The second kappa shape index (κ2) is 4.62. The number of aliphatic hydroxyl groups excluding tert-OH is 4. The molecule has 8 heteroatoms. The number of hydrogen-bond acceptors (Lipinski definition) is 7. The number of aliphatic carboxylic acids is 1. The van der Waals surface area contributed by atoms with Crippen LogP contribution < -0.4 is 0 Å². The summed E-state index contributed by atoms with van der Waals surface area (Å²) < 4.78 is 4.61. The largest absolute Gasteiger partial charge is 0.477 e. The van der Waals surface area contributed by atoms with Crippen molar-refractivity contribution >= 4 is 5.97 Å². The van der Waals surface area contributed by atoms with E-state index in [0.717, 1.165) is 0 Å². The Bertz CT molecular complexity index is 269. The van der Waals surface area contributed by atoms with E-state index in [0.29, 0.717) is 0 Å². The van der Waals surface area contributed by atoms with Crippen LogP contribution in [0.15, 0.2) is 0 Å². The van der Waals surface area contributed by atoms with Gasteiger partial charge in [0.25, 0.3) is 5.79 Å². The van der Waals surface area contributed by atoms with E-state index in [1.165, 1.54) is 0 Å². The predicted molar refractivity (Wildman–Crippen MR) is 47.2 cm³/mol. The van der Waals surface area contributed by atoms with Crippen LogP contribution >= 0.6 is 0 Å². The number of carboxylic acid groups (broad SMARTS) is 1. The van der Waals surface area contributed by atoms with Gasteiger partial charge >= 0.3 is 5.97 Å². The lowest BCUT2D eigenvalue weighted by molar-refractivity contribution is -0.308. The van der Waals surface area contributed by atoms with Crippen molar-refractivity contribution in [2.75, 3.05) is 6.61 Å². The van der Waals surface area contributed by atoms with Crippen molar-refractivity contribution in [3.8, 4) is 0 Å². The lowest BCUT2D eigenvalue weighted by Crippen LogP contribution is -2.61. The van der Waals surface area contributed by atoms with Crippen molar-refractivity contribution < 1.29 is 40.2 Å². The van der Waals surface area contributed by atoms with Gasteiger partial charge in [0.05, 0.1) is 12.7 Å². The SMILES string of the molecule is O=C(O)[C@@]1(O)C[C@H](O)[C@@H](O)[C@H]([C@H](O)CO)O1. The van der Waals surface area contributed by atoms with Gasteiger partial charge in [-0.15, -0.1) is 0 Å². The molecule has 0 radical (unpaired) electrons. The van der Waals surface area contributed by atoms with Crippen molar-refractivity contribution in [2.24, 2.45) is 0 Å². The lowest BCUT2D eigenvalue weighted by Gasteiger charge is -2.41. The summed E-state index contributed by atoms with van der Waals surface area (Å²) in [4.78, 5) is 10.7. The average molecular weight is 238 g/mol. The van der Waals surface area contributed by atoms with Gasteiger partial charge in [-0.05, 0) is 0 Å². The maximum Gasteiger partial charge on any atom is 0.364 e. The first kappa shape index (κ1) is 13.3. The summed E-state index contributed by atoms with van der Waals surface area (Å²) in [6.07, 6.45) is -7.05. The zero-order valence-electron chi connectivity index (χ0n) is 8.22. The van der Waals surface area contributed by atoms with Crippen molar-refractivity contribution in [3.05, 3.63) is 0 Å². The first-order valence-corrected chi connectivity index (χ1v) is 4.60. The predicted octanol–water partition coefficient (Wildman–Crippen LogP) is -3.38. The molecule has 0 unspecified atom stereocenters. The number of carboxylic acids is 1. The van der Waals surface area contributed by atoms with Crippen LogP contribution in [0.4, 0.5) is 0 Å². The van der Waals surface area contributed by atoms with E-state index in [-0.39, 0.29) is 0 Å². The molecule has 1 aliphatic heterocycles. The quantitative estimate of drug-likeness (QED) is 0.298. The van der Waals surface area contributed by atoms with Crippen molar-refractivity contribution in [2.45, 2.75) is 36.6 Å². The topological polar surface area (TPSA) is 148 Å². The molecule has 0 saturated carbocycles. The molecule has 0 aromatic heterocycles. The number of hydrogen-bond donors (Lipinski definition) is 6. The molecule has 16 heavy (non-hydrogen) atoms. The Morgan fingerprint density at radius 2 is 2.06 bits per heavy atom. The van der Waals surface area contributed by atoms with E-state index in [1.54, 1.807) is 0 Å². The summed E-state index contributed by atoms with van der Waals surface area (Å²) >= 11 is 0. The first-order chi connectivity index (χ1) is 7.31. The van der Waals surface area contributed by atoms with E-state index < -0.39 is 49.2 Å². The average Bonchev–Trinajstić information content (AvgIpc) is 2.22. The molecule has 1 rings (SSSR count). The Hall–Kier alpha value is -0.770. The molecule has 0 amide bonds. The fraction of sp³-hybridized carbons (Fsp3) is 0.875. The fourth-order valence-corrected chi connectivity index (χ4v) is 1.51. The van der Waals surface area contributed by atoms with E-state index in [1.807, 2.05) is 0 Å². The van der Waals surface area contributed by atoms with Gasteiger partial charge in [0.1, 0.15) is 18.3 Å². The minimum absolute atomic E-state index is 0.724. The van der Waals surface area contributed by atoms with Gasteiger partial charge in [0.2, 0.25) is 0 Å². The van der Waals surface area contributed by atoms with E-state index in [4.69, 9.17) is 10.2 Å². The molecular formula is C8H14O8. The third-order valence-electron chi connectivity index (χ3n) is 2.45. The second-order valence-corrected chi connectivity index (χ2v) is 3.68. The molecule has 1 fully saturated rings. The standard InChI is InChI=1S/C8H14O8/c9-2-4(11)6-5(12)3(10)1-8(15,16-6)7(13)14/h3-6,9-12,15H,1-2H2,(H,13,14)/t3-,4+,5+,6-,8+/m0/s1. The monoisotopic (exact) mass is 238 g/mol. The number of rotatable bonds is 3. The van der Waals surface area contributed by atoms with Gasteiger partial charge in [-0.1, -0.05) is 0 Å². The zero-order chi connectivity index (χ0) is 12.5. The highest BCUT2D eigenvalue weighted by molar-refractivity contribution is 5.75. The molecule has 94 valence electrons. The zero-order valence-corrected chi connectivity index (χ0v) is 8.22. The van der Waals surface area contributed by atoms with Crippen molar-refractivity contribution in [1.29, 1.82) is 0 Å². The van der Waals surface area contributed by atoms with Crippen molar-refractivity contribution in [3.63, 3.8) is 0 Å². The van der Waals surface area contributed by atoms with Gasteiger partial charge in [-0.25, -0.2) is 4.79 Å². The van der Waals surface area contributed by atoms with Gasteiger partial charge in [-0.2, -0.15) is 0 Å². The lowest BCUT2D eigenvalue weighted by atomic mass is 9.93. The minimum atomic E-state index is -2.68. The van der Waals surface area contributed by atoms with Crippen LogP contribution in [0.3, 0.4) is 0 Å². The molecule has 5 atom stereocenters. The van der Waals surface area contributed by atoms with E-state index >= 15 is 0 Å². The Labute approximate surface area is 90.3 Å². The number of aliphatic hydroxyl groups is 5. The maximum atomic E-state index is 10.7. The van der Waals surface area contributed by atoms with Crippen LogP contribution in [0.2, 0.25) is 0 Å². The molecule has 0 aromatic rings. The highest BCUT2D eigenvalue weighted by atomic mass is 16.7. The smallest absolute Gasteiger partial charge is 0.364 e. The Morgan fingerprint density at radius 3 is 2.50 bits per heavy atom. The molecule has 0 aliphatic carbocycles. The van der Waals surface area contributed by atoms with Crippen molar-refractivity contribution in [1.82, 2.24) is 0 Å². The molecule has 1 heterocycles. The van der Waals surface area contributed by atoms with Crippen LogP contribution in [-0.2, 0) is 9.53 Å². The Balaban J connectivity index is 2.89. The van der Waals surface area contributed by atoms with Crippen LogP contribution in [-0.4, -0.2) is 73.4 Å². The van der Waals surface area contributed by atoms with Crippen LogP contribution in [0.25, 0.3) is 0 Å². The highest BCUT2D eigenvalue weighted by Crippen LogP contribution is 2.29. The minimum Gasteiger partial charge on any atom is -0.477 e. The molecule has 1 saturated heterocycles. The fourth-order valence-electron chi connectivity index (χ4n) is 1.51. The summed E-state index contributed by atoms with van der Waals surface area (Å²) in [5.41, 5.74) is 0. The van der Waals surface area contributed by atoms with Gasteiger partial charge in [0, 0.05) is 6.42 Å². The summed E-state index contributed by atoms with van der Waals surface area (Å²) in [5, 5.41) is 54.7. The summed E-state index contributed by atoms with van der Waals surface area (Å²) in [6.45, 7) is -0.801. The first-order valence-electron chi connectivity index (χ1n) is 4.60. The Kier molecular flexibility index (Phi) is 3.84. The van der Waals surface area contributed by atoms with Gasteiger partial charge in [0.15, 0.2) is 0 Å². The highest BCUT2D eigenvalue weighted by Gasteiger charge is 2.52. The molecule has 8 nitrogen and oxygen atoms in total. The molecule has 0 bridgehead atoms. The van der Waals surface area contributed by atoms with Crippen LogP contribution in [0.1, 0.15) is 6.42 Å². The van der Waals surface area contributed by atoms with Gasteiger partial charge < -0.3 is 35.4 Å². The number of carbonyl (C=O) groups is 1. The molecule has 0 spiro atoms.